The molecular formula is C32H37FN4O. The van der Waals surface area contributed by atoms with Crippen molar-refractivity contribution in [2.24, 2.45) is 7.05 Å². The van der Waals surface area contributed by atoms with E-state index in [1.165, 1.54) is 28.9 Å². The molecule has 0 spiro atoms. The molecule has 1 aliphatic rings. The Bertz CT molecular complexity index is 1390. The number of halogens is 1. The molecule has 1 amide bonds. The first-order chi connectivity index (χ1) is 18.2. The van der Waals surface area contributed by atoms with Crippen LogP contribution < -0.4 is 0 Å². The van der Waals surface area contributed by atoms with Crippen molar-refractivity contribution in [3.05, 3.63) is 94.7 Å². The molecule has 0 aliphatic carbocycles. The Morgan fingerprint density at radius 2 is 1.63 bits per heavy atom. The van der Waals surface area contributed by atoms with E-state index in [-0.39, 0.29) is 11.7 Å². The van der Waals surface area contributed by atoms with Crippen LogP contribution in [0.3, 0.4) is 0 Å². The minimum absolute atomic E-state index is 0.0175. The van der Waals surface area contributed by atoms with Crippen LogP contribution in [-0.4, -0.2) is 32.1 Å². The second-order valence-corrected chi connectivity index (χ2v) is 10.4. The van der Waals surface area contributed by atoms with Gasteiger partial charge in [-0.15, -0.1) is 0 Å². The van der Waals surface area contributed by atoms with Crippen molar-refractivity contribution in [2.45, 2.75) is 59.9 Å². The van der Waals surface area contributed by atoms with Gasteiger partial charge in [0.25, 0.3) is 5.91 Å². The van der Waals surface area contributed by atoms with Crippen molar-refractivity contribution in [1.82, 2.24) is 19.7 Å². The Morgan fingerprint density at radius 3 is 2.34 bits per heavy atom. The number of benzene rings is 1. The molecular weight excluding hydrogens is 475 g/mol. The van der Waals surface area contributed by atoms with Gasteiger partial charge >= 0.3 is 0 Å². The lowest BCUT2D eigenvalue weighted by Gasteiger charge is -2.13. The van der Waals surface area contributed by atoms with E-state index in [0.29, 0.717) is 24.3 Å². The number of fused-ring (bicyclic) bond motifs is 1. The highest BCUT2D eigenvalue weighted by Crippen LogP contribution is 2.36. The summed E-state index contributed by atoms with van der Waals surface area (Å²) in [4.78, 5) is 19.9. The van der Waals surface area contributed by atoms with E-state index in [0.717, 1.165) is 48.1 Å². The van der Waals surface area contributed by atoms with E-state index in [4.69, 9.17) is 0 Å². The zero-order valence-corrected chi connectivity index (χ0v) is 23.1. The summed E-state index contributed by atoms with van der Waals surface area (Å²) >= 11 is 0. The second kappa shape index (κ2) is 12.2. The van der Waals surface area contributed by atoms with Crippen molar-refractivity contribution in [1.29, 1.82) is 0 Å². The fraction of sp³-hybridized carbons (Fsp3) is 0.344. The standard InChI is InChI=1S/C32H37FN4O/c1-22(2)8-6-9-23(3)10-7-11-24(4)17-19-37-21-29-30(32(37)38)27(16-18-34-29)28-20-36(5)35-31(28)25-12-14-26(33)15-13-25/h8,10,12-18,20H,6-7,9,11,19,21H2,1-5H3/b23-10+,24-17+. The number of carbonyl (C=O) groups excluding carboxylic acids is 1. The number of hydrogen-bond donors (Lipinski definition) is 0. The molecule has 2 aromatic heterocycles. The molecule has 3 aromatic rings. The predicted molar refractivity (Wildman–Crippen MR) is 152 cm³/mol. The van der Waals surface area contributed by atoms with Crippen molar-refractivity contribution < 1.29 is 9.18 Å². The van der Waals surface area contributed by atoms with E-state index in [1.807, 2.05) is 24.2 Å². The molecule has 0 saturated carbocycles. The fourth-order valence-corrected chi connectivity index (χ4v) is 4.76. The quantitative estimate of drug-likeness (QED) is 0.262. The first kappa shape index (κ1) is 27.2. The van der Waals surface area contributed by atoms with Crippen molar-refractivity contribution in [3.8, 4) is 22.4 Å². The van der Waals surface area contributed by atoms with Crippen molar-refractivity contribution in [3.63, 3.8) is 0 Å². The Morgan fingerprint density at radius 1 is 0.947 bits per heavy atom. The highest BCUT2D eigenvalue weighted by molar-refractivity contribution is 6.05. The average Bonchev–Trinajstić information content (AvgIpc) is 3.42. The molecule has 0 bridgehead atoms. The summed E-state index contributed by atoms with van der Waals surface area (Å²) in [6.45, 7) is 9.65. The zero-order chi connectivity index (χ0) is 27.2. The van der Waals surface area contributed by atoms with Crippen LogP contribution in [0.25, 0.3) is 22.4 Å². The number of pyridine rings is 1. The Labute approximate surface area is 225 Å². The highest BCUT2D eigenvalue weighted by atomic mass is 19.1. The predicted octanol–water partition coefficient (Wildman–Crippen LogP) is 7.66. The van der Waals surface area contributed by atoms with Crippen LogP contribution in [0.4, 0.5) is 4.39 Å². The molecule has 6 heteroatoms. The van der Waals surface area contributed by atoms with E-state index in [1.54, 1.807) is 23.0 Å². The Hall–Kier alpha value is -3.80. The van der Waals surface area contributed by atoms with E-state index < -0.39 is 0 Å². The summed E-state index contributed by atoms with van der Waals surface area (Å²) in [5.41, 5.74) is 8.65. The number of amides is 1. The number of hydrogen-bond acceptors (Lipinski definition) is 3. The molecule has 38 heavy (non-hydrogen) atoms. The van der Waals surface area contributed by atoms with E-state index in [9.17, 15) is 9.18 Å². The number of allylic oxidation sites excluding steroid dienone is 5. The highest BCUT2D eigenvalue weighted by Gasteiger charge is 2.32. The lowest BCUT2D eigenvalue weighted by molar-refractivity contribution is 0.0796. The lowest BCUT2D eigenvalue weighted by Crippen LogP contribution is -2.24. The van der Waals surface area contributed by atoms with Gasteiger partial charge in [-0.2, -0.15) is 5.10 Å². The molecule has 0 saturated heterocycles. The Balaban J connectivity index is 1.45. The van der Waals surface area contributed by atoms with Gasteiger partial charge in [-0.1, -0.05) is 34.9 Å². The molecule has 4 rings (SSSR count). The van der Waals surface area contributed by atoms with Gasteiger partial charge in [0.05, 0.1) is 17.8 Å². The van der Waals surface area contributed by atoms with E-state index in [2.05, 4.69) is 56.0 Å². The number of carbonyl (C=O) groups is 1. The molecule has 0 fully saturated rings. The number of rotatable bonds is 10. The smallest absolute Gasteiger partial charge is 0.257 e. The average molecular weight is 513 g/mol. The van der Waals surface area contributed by atoms with Crippen LogP contribution in [0, 0.1) is 5.82 Å². The maximum atomic E-state index is 13.5. The molecule has 198 valence electrons. The van der Waals surface area contributed by atoms with Gasteiger partial charge in [0, 0.05) is 42.7 Å². The molecule has 5 nitrogen and oxygen atoms in total. The van der Waals surface area contributed by atoms with Gasteiger partial charge in [-0.3, -0.25) is 14.5 Å². The lowest BCUT2D eigenvalue weighted by atomic mass is 9.97. The van der Waals surface area contributed by atoms with Gasteiger partial charge in [0.2, 0.25) is 0 Å². The number of aryl methyl sites for hydroxylation is 1. The molecule has 1 aliphatic heterocycles. The zero-order valence-electron chi connectivity index (χ0n) is 23.1. The van der Waals surface area contributed by atoms with Gasteiger partial charge in [-0.05, 0) is 83.7 Å². The molecule has 0 atom stereocenters. The van der Waals surface area contributed by atoms with Crippen molar-refractivity contribution >= 4 is 5.91 Å². The first-order valence-electron chi connectivity index (χ1n) is 13.2. The van der Waals surface area contributed by atoms with Gasteiger partial charge in [-0.25, -0.2) is 4.39 Å². The molecule has 0 radical (unpaired) electrons. The minimum atomic E-state index is -0.296. The normalized spacial score (nSPS) is 13.7. The topological polar surface area (TPSA) is 51.0 Å². The SMILES string of the molecule is CC(C)=CCC/C(C)=C/CC/C(C)=C/CN1Cc2nccc(-c3cn(C)nc3-c3ccc(F)cc3)c2C1=O. The van der Waals surface area contributed by atoms with Gasteiger partial charge in [0.15, 0.2) is 0 Å². The first-order valence-corrected chi connectivity index (χ1v) is 13.2. The van der Waals surface area contributed by atoms with Crippen LogP contribution >= 0.6 is 0 Å². The van der Waals surface area contributed by atoms with Crippen LogP contribution in [0.1, 0.15) is 69.4 Å². The van der Waals surface area contributed by atoms with Crippen LogP contribution in [-0.2, 0) is 13.6 Å². The monoisotopic (exact) mass is 512 g/mol. The molecule has 0 N–H and O–H groups in total. The van der Waals surface area contributed by atoms with E-state index >= 15 is 0 Å². The second-order valence-electron chi connectivity index (χ2n) is 10.4. The summed E-state index contributed by atoms with van der Waals surface area (Å²) in [5, 5.41) is 4.61. The third-order valence-corrected chi connectivity index (χ3v) is 6.89. The van der Waals surface area contributed by atoms with Gasteiger partial charge in [0.1, 0.15) is 11.5 Å². The van der Waals surface area contributed by atoms with Gasteiger partial charge < -0.3 is 4.90 Å². The summed E-state index contributed by atoms with van der Waals surface area (Å²) < 4.78 is 15.2. The van der Waals surface area contributed by atoms with Crippen LogP contribution in [0.5, 0.6) is 0 Å². The summed E-state index contributed by atoms with van der Waals surface area (Å²) in [6.07, 6.45) is 14.6. The van der Waals surface area contributed by atoms with Crippen LogP contribution in [0.15, 0.2) is 77.7 Å². The molecule has 0 unspecified atom stereocenters. The molecule has 1 aromatic carbocycles. The van der Waals surface area contributed by atoms with Crippen molar-refractivity contribution in [2.75, 3.05) is 6.54 Å². The third kappa shape index (κ3) is 6.55. The summed E-state index contributed by atoms with van der Waals surface area (Å²) in [5.74, 6) is -0.313. The number of nitrogens with zero attached hydrogens (tertiary/aromatic N) is 4. The maximum absolute atomic E-state index is 13.5. The third-order valence-electron chi connectivity index (χ3n) is 6.89. The summed E-state index contributed by atoms with van der Waals surface area (Å²) in [7, 11) is 1.85. The minimum Gasteiger partial charge on any atom is -0.329 e. The summed E-state index contributed by atoms with van der Waals surface area (Å²) in [6, 6.07) is 8.15. The maximum Gasteiger partial charge on any atom is 0.257 e. The largest absolute Gasteiger partial charge is 0.329 e. The molecule has 3 heterocycles. The number of aromatic nitrogens is 3. The fourth-order valence-electron chi connectivity index (χ4n) is 4.76. The van der Waals surface area contributed by atoms with Crippen LogP contribution in [0.2, 0.25) is 0 Å². The Kier molecular flexibility index (Phi) is 8.72.